The fraction of sp³-hybridized carbons (Fsp3) is 0.111. The van der Waals surface area contributed by atoms with Crippen LogP contribution < -0.4 is 5.73 Å². The molecule has 0 saturated heterocycles. The lowest BCUT2D eigenvalue weighted by molar-refractivity contribution is 0.623. The molecule has 3 N–H and O–H groups in total. The van der Waals surface area contributed by atoms with Crippen LogP contribution in [0.5, 0.6) is 0 Å². The fourth-order valence-electron chi connectivity index (χ4n) is 2.79. The van der Waals surface area contributed by atoms with E-state index in [1.54, 1.807) is 43.6 Å². The molecule has 4 aromatic rings. The first-order valence-electron chi connectivity index (χ1n) is 8.28. The number of halogens is 1. The average Bonchev–Trinajstić information content (AvgIpc) is 3.37. The Kier molecular flexibility index (Phi) is 4.25. The van der Waals surface area contributed by atoms with Crippen molar-refractivity contribution >= 4 is 5.82 Å². The fourth-order valence-corrected chi connectivity index (χ4v) is 2.79. The summed E-state index contributed by atoms with van der Waals surface area (Å²) in [7, 11) is 0. The maximum Gasteiger partial charge on any atom is 0.193 e. The van der Waals surface area contributed by atoms with Gasteiger partial charge in [0.25, 0.3) is 0 Å². The van der Waals surface area contributed by atoms with E-state index in [2.05, 4.69) is 36.5 Å². The zero-order valence-corrected chi connectivity index (χ0v) is 14.8. The van der Waals surface area contributed by atoms with E-state index in [-0.39, 0.29) is 23.0 Å². The van der Waals surface area contributed by atoms with E-state index in [4.69, 9.17) is 5.73 Å². The van der Waals surface area contributed by atoms with Crippen LogP contribution in [0, 0.1) is 24.1 Å². The molecule has 9 nitrogen and oxygen atoms in total. The number of hydrogen-bond acceptors (Lipinski definition) is 7. The van der Waals surface area contributed by atoms with Crippen LogP contribution in [0.15, 0.2) is 36.7 Å². The van der Waals surface area contributed by atoms with Gasteiger partial charge in [0.1, 0.15) is 11.4 Å². The van der Waals surface area contributed by atoms with E-state index in [1.807, 2.05) is 0 Å². The number of nitrogens with one attached hydrogen (secondary N) is 1. The van der Waals surface area contributed by atoms with Crippen molar-refractivity contribution in [2.45, 2.75) is 13.5 Å². The number of H-pyrrole nitrogens is 1. The molecule has 0 amide bonds. The molecule has 0 unspecified atom stereocenters. The lowest BCUT2D eigenvalue weighted by Crippen LogP contribution is -2.04. The number of nitriles is 1. The summed E-state index contributed by atoms with van der Waals surface area (Å²) >= 11 is 0. The molecule has 0 atom stereocenters. The van der Waals surface area contributed by atoms with Gasteiger partial charge < -0.3 is 5.73 Å². The van der Waals surface area contributed by atoms with Crippen LogP contribution in [0.3, 0.4) is 0 Å². The molecule has 3 heterocycles. The third-order valence-corrected chi connectivity index (χ3v) is 4.24. The van der Waals surface area contributed by atoms with Gasteiger partial charge in [-0.15, -0.1) is 5.10 Å². The quantitative estimate of drug-likeness (QED) is 0.557. The van der Waals surface area contributed by atoms with Gasteiger partial charge in [-0.1, -0.05) is 17.3 Å². The lowest BCUT2D eigenvalue weighted by Gasteiger charge is -2.09. The van der Waals surface area contributed by atoms with E-state index in [0.717, 1.165) is 5.69 Å². The van der Waals surface area contributed by atoms with Gasteiger partial charge in [0, 0.05) is 11.8 Å². The first-order valence-corrected chi connectivity index (χ1v) is 8.28. The van der Waals surface area contributed by atoms with Crippen molar-refractivity contribution in [2.75, 3.05) is 5.73 Å². The number of nitrogens with zero attached hydrogens (tertiary/aromatic N) is 7. The van der Waals surface area contributed by atoms with Gasteiger partial charge in [-0.2, -0.15) is 10.4 Å². The Morgan fingerprint density at radius 2 is 2.14 bits per heavy atom. The number of aromatic amines is 1. The highest BCUT2D eigenvalue weighted by Gasteiger charge is 2.19. The Hall–Kier alpha value is -4.13. The highest BCUT2D eigenvalue weighted by Crippen LogP contribution is 2.28. The number of benzene rings is 1. The Labute approximate surface area is 158 Å². The molecule has 0 bridgehead atoms. The standard InChI is InChI=1S/C18H14FN9/c1-10-11(7-20)3-2-4-13(10)18-23-16(15(19)17(21)24-18)14-9-28(27-26-14)8-12-5-6-22-25-12/h2-6,9H,8H2,1H3,(H,22,25)(H2,21,23,24). The molecule has 0 saturated carbocycles. The summed E-state index contributed by atoms with van der Waals surface area (Å²) < 4.78 is 16.1. The maximum atomic E-state index is 14.6. The van der Waals surface area contributed by atoms with Crippen LogP contribution in [0.25, 0.3) is 22.8 Å². The zero-order valence-electron chi connectivity index (χ0n) is 14.8. The van der Waals surface area contributed by atoms with Gasteiger partial charge in [-0.05, 0) is 24.6 Å². The van der Waals surface area contributed by atoms with Crippen LogP contribution in [-0.2, 0) is 6.54 Å². The minimum atomic E-state index is -0.772. The molecule has 0 aliphatic rings. The average molecular weight is 375 g/mol. The number of anilines is 1. The van der Waals surface area contributed by atoms with Crippen molar-refractivity contribution in [1.82, 2.24) is 35.2 Å². The number of rotatable bonds is 4. The minimum Gasteiger partial charge on any atom is -0.381 e. The molecule has 28 heavy (non-hydrogen) atoms. The van der Waals surface area contributed by atoms with Crippen LogP contribution in [0.4, 0.5) is 10.2 Å². The number of hydrogen-bond donors (Lipinski definition) is 2. The monoisotopic (exact) mass is 375 g/mol. The zero-order chi connectivity index (χ0) is 19.7. The van der Waals surface area contributed by atoms with E-state index >= 15 is 0 Å². The number of nitrogens with two attached hydrogens (primary N) is 1. The van der Waals surface area contributed by atoms with Gasteiger partial charge in [-0.3, -0.25) is 5.10 Å². The lowest BCUT2D eigenvalue weighted by atomic mass is 10.0. The summed E-state index contributed by atoms with van der Waals surface area (Å²) in [4.78, 5) is 8.36. The Bertz CT molecular complexity index is 1190. The normalized spacial score (nSPS) is 10.8. The van der Waals surface area contributed by atoms with Gasteiger partial charge in [-0.25, -0.2) is 19.0 Å². The van der Waals surface area contributed by atoms with Crippen molar-refractivity contribution in [3.8, 4) is 28.8 Å². The number of nitrogen functional groups attached to an aromatic ring is 1. The molecule has 0 aliphatic heterocycles. The predicted octanol–water partition coefficient (Wildman–Crippen LogP) is 2.07. The molecule has 0 radical (unpaired) electrons. The number of aromatic nitrogens is 7. The van der Waals surface area contributed by atoms with E-state index in [9.17, 15) is 9.65 Å². The smallest absolute Gasteiger partial charge is 0.193 e. The van der Waals surface area contributed by atoms with Crippen molar-refractivity contribution in [1.29, 1.82) is 5.26 Å². The van der Waals surface area contributed by atoms with Crippen molar-refractivity contribution < 1.29 is 4.39 Å². The van der Waals surface area contributed by atoms with Crippen molar-refractivity contribution in [3.05, 3.63) is 59.3 Å². The highest BCUT2D eigenvalue weighted by molar-refractivity contribution is 5.69. The van der Waals surface area contributed by atoms with Crippen LogP contribution in [0.2, 0.25) is 0 Å². The third-order valence-electron chi connectivity index (χ3n) is 4.24. The van der Waals surface area contributed by atoms with E-state index in [0.29, 0.717) is 23.2 Å². The second-order valence-corrected chi connectivity index (χ2v) is 6.07. The SMILES string of the molecule is Cc1c(C#N)cccc1-c1nc(N)c(F)c(-c2cn(Cc3ccn[nH]3)nn2)n1. The van der Waals surface area contributed by atoms with Crippen LogP contribution in [0.1, 0.15) is 16.8 Å². The molecular formula is C18H14FN9. The van der Waals surface area contributed by atoms with Crippen LogP contribution >= 0.6 is 0 Å². The molecule has 1 aromatic carbocycles. The predicted molar refractivity (Wildman–Crippen MR) is 98.0 cm³/mol. The molecule has 4 rings (SSSR count). The largest absolute Gasteiger partial charge is 0.381 e. The van der Waals surface area contributed by atoms with Crippen molar-refractivity contribution in [3.63, 3.8) is 0 Å². The molecular weight excluding hydrogens is 361 g/mol. The summed E-state index contributed by atoms with van der Waals surface area (Å²) in [5, 5.41) is 23.9. The van der Waals surface area contributed by atoms with Crippen LogP contribution in [-0.4, -0.2) is 35.2 Å². The maximum absolute atomic E-state index is 14.6. The van der Waals surface area contributed by atoms with Gasteiger partial charge >= 0.3 is 0 Å². The van der Waals surface area contributed by atoms with Gasteiger partial charge in [0.05, 0.1) is 30.1 Å². The van der Waals surface area contributed by atoms with Gasteiger partial charge in [0.15, 0.2) is 17.5 Å². The Morgan fingerprint density at radius 3 is 2.89 bits per heavy atom. The summed E-state index contributed by atoms with van der Waals surface area (Å²) in [6, 6.07) is 9.06. The topological polar surface area (TPSA) is 135 Å². The molecule has 3 aromatic heterocycles. The highest BCUT2D eigenvalue weighted by atomic mass is 19.1. The first-order chi connectivity index (χ1) is 13.6. The van der Waals surface area contributed by atoms with Gasteiger partial charge in [0.2, 0.25) is 0 Å². The minimum absolute atomic E-state index is 0.0554. The summed E-state index contributed by atoms with van der Waals surface area (Å²) in [6.07, 6.45) is 3.19. The second-order valence-electron chi connectivity index (χ2n) is 6.07. The van der Waals surface area contributed by atoms with E-state index < -0.39 is 5.82 Å². The molecule has 0 fully saturated rings. The second kappa shape index (κ2) is 6.88. The summed E-state index contributed by atoms with van der Waals surface area (Å²) in [5.74, 6) is -0.858. The first kappa shape index (κ1) is 17.3. The van der Waals surface area contributed by atoms with Crippen molar-refractivity contribution in [2.24, 2.45) is 0 Å². The molecule has 138 valence electrons. The Balaban J connectivity index is 1.77. The Morgan fingerprint density at radius 1 is 1.29 bits per heavy atom. The van der Waals surface area contributed by atoms with E-state index in [1.165, 1.54) is 4.68 Å². The molecule has 10 heteroatoms. The summed E-state index contributed by atoms with van der Waals surface area (Å²) in [6.45, 7) is 2.17. The molecule has 0 aliphatic carbocycles. The third kappa shape index (κ3) is 3.05. The molecule has 0 spiro atoms. The summed E-state index contributed by atoms with van der Waals surface area (Å²) in [5.41, 5.74) is 8.53.